The summed E-state index contributed by atoms with van der Waals surface area (Å²) in [6.07, 6.45) is 0.465. The second-order valence-corrected chi connectivity index (χ2v) is 8.62. The quantitative estimate of drug-likeness (QED) is 0.798. The maximum absolute atomic E-state index is 12.8. The van der Waals surface area contributed by atoms with Crippen molar-refractivity contribution in [1.82, 2.24) is 9.21 Å². The minimum atomic E-state index is -3.66. The summed E-state index contributed by atoms with van der Waals surface area (Å²) in [4.78, 5) is 25.0. The van der Waals surface area contributed by atoms with Crippen LogP contribution in [-0.2, 0) is 14.8 Å². The number of imide groups is 1. The molecule has 0 N–H and O–H groups in total. The van der Waals surface area contributed by atoms with E-state index in [1.165, 1.54) is 22.4 Å². The number of rotatable bonds is 4. The van der Waals surface area contributed by atoms with E-state index in [0.717, 1.165) is 17.3 Å². The molecule has 2 amide bonds. The number of carbonyl (C=O) groups excluding carboxylic acids is 2. The molecule has 1 aromatic rings. The molecule has 1 atom stereocenters. The van der Waals surface area contributed by atoms with E-state index in [2.05, 4.69) is 0 Å². The number of hydrogen-bond donors (Lipinski definition) is 0. The van der Waals surface area contributed by atoms with Gasteiger partial charge in [0.15, 0.2) is 0 Å². The van der Waals surface area contributed by atoms with E-state index in [9.17, 15) is 18.0 Å². The molecule has 0 bridgehead atoms. The Morgan fingerprint density at radius 2 is 2.04 bits per heavy atom. The number of hydrogen-bond acceptors (Lipinski definition) is 6. The summed E-state index contributed by atoms with van der Waals surface area (Å²) in [5, 5.41) is -0.287. The van der Waals surface area contributed by atoms with Gasteiger partial charge in [0.05, 0.1) is 23.8 Å². The first-order valence-electron chi connectivity index (χ1n) is 7.48. The van der Waals surface area contributed by atoms with Crippen LogP contribution in [-0.4, -0.2) is 60.8 Å². The zero-order valence-corrected chi connectivity index (χ0v) is 15.0. The molecule has 1 unspecified atom stereocenters. The van der Waals surface area contributed by atoms with Crippen LogP contribution in [0.25, 0.3) is 0 Å². The van der Waals surface area contributed by atoms with E-state index in [1.807, 2.05) is 0 Å². The largest absolute Gasteiger partial charge is 0.496 e. The topological polar surface area (TPSA) is 84.0 Å². The molecule has 0 aromatic heterocycles. The molecule has 24 heavy (non-hydrogen) atoms. The summed E-state index contributed by atoms with van der Waals surface area (Å²) in [5.41, 5.74) is 0.732. The van der Waals surface area contributed by atoms with Gasteiger partial charge in [0.25, 0.3) is 5.24 Å². The fourth-order valence-corrected chi connectivity index (χ4v) is 5.37. The van der Waals surface area contributed by atoms with Crippen molar-refractivity contribution < 1.29 is 22.7 Å². The summed E-state index contributed by atoms with van der Waals surface area (Å²) in [6, 6.07) is 4.33. The van der Waals surface area contributed by atoms with E-state index in [-0.39, 0.29) is 34.4 Å². The van der Waals surface area contributed by atoms with Crippen LogP contribution >= 0.6 is 11.8 Å². The van der Waals surface area contributed by atoms with Gasteiger partial charge in [0, 0.05) is 13.1 Å². The van der Waals surface area contributed by atoms with Gasteiger partial charge in [0.2, 0.25) is 15.9 Å². The average molecular weight is 370 g/mol. The lowest BCUT2D eigenvalue weighted by Gasteiger charge is -2.22. The van der Waals surface area contributed by atoms with Gasteiger partial charge in [-0.1, -0.05) is 11.8 Å². The summed E-state index contributed by atoms with van der Waals surface area (Å²) in [6.45, 7) is 2.22. The molecule has 3 rings (SSSR count). The number of carbonyl (C=O) groups is 2. The van der Waals surface area contributed by atoms with Gasteiger partial charge in [-0.25, -0.2) is 8.42 Å². The maximum Gasteiger partial charge on any atom is 0.289 e. The lowest BCUT2D eigenvalue weighted by atomic mass is 10.2. The highest BCUT2D eigenvalue weighted by atomic mass is 32.2. The Kier molecular flexibility index (Phi) is 4.58. The van der Waals surface area contributed by atoms with Crippen molar-refractivity contribution in [1.29, 1.82) is 0 Å². The molecule has 2 aliphatic heterocycles. The standard InChI is InChI=1S/C15H18N2O5S2/c1-10-7-12(3-4-13(10)22-2)24(20,21)16-6-5-11(8-16)17-14(18)9-23-15(17)19/h3-4,7,11H,5-6,8-9H2,1-2H3. The van der Waals surface area contributed by atoms with E-state index in [1.54, 1.807) is 19.1 Å². The van der Waals surface area contributed by atoms with Crippen molar-refractivity contribution in [3.63, 3.8) is 0 Å². The molecule has 1 aromatic carbocycles. The van der Waals surface area contributed by atoms with E-state index in [4.69, 9.17) is 4.74 Å². The zero-order valence-electron chi connectivity index (χ0n) is 13.4. The maximum atomic E-state index is 12.8. The van der Waals surface area contributed by atoms with Crippen LogP contribution in [0.5, 0.6) is 5.75 Å². The number of methoxy groups -OCH3 is 1. The van der Waals surface area contributed by atoms with Crippen LogP contribution in [0.2, 0.25) is 0 Å². The van der Waals surface area contributed by atoms with Gasteiger partial charge in [-0.3, -0.25) is 14.5 Å². The number of benzene rings is 1. The molecule has 0 radical (unpaired) electrons. The van der Waals surface area contributed by atoms with Gasteiger partial charge >= 0.3 is 0 Å². The first kappa shape index (κ1) is 17.2. The third kappa shape index (κ3) is 2.91. The second kappa shape index (κ2) is 6.38. The van der Waals surface area contributed by atoms with Crippen LogP contribution in [0.4, 0.5) is 4.79 Å². The summed E-state index contributed by atoms with van der Waals surface area (Å²) < 4.78 is 32.1. The predicted octanol–water partition coefficient (Wildman–Crippen LogP) is 1.46. The van der Waals surface area contributed by atoms with Crippen molar-refractivity contribution in [2.24, 2.45) is 0 Å². The zero-order chi connectivity index (χ0) is 17.5. The lowest BCUT2D eigenvalue weighted by Crippen LogP contribution is -2.41. The molecular weight excluding hydrogens is 352 g/mol. The Balaban J connectivity index is 1.80. The monoisotopic (exact) mass is 370 g/mol. The molecule has 2 fully saturated rings. The van der Waals surface area contributed by atoms with Gasteiger partial charge in [-0.15, -0.1) is 0 Å². The average Bonchev–Trinajstić information content (AvgIpc) is 3.14. The van der Waals surface area contributed by atoms with Crippen LogP contribution in [0.15, 0.2) is 23.1 Å². The lowest BCUT2D eigenvalue weighted by molar-refractivity contribution is -0.126. The number of ether oxygens (including phenoxy) is 1. The van der Waals surface area contributed by atoms with Crippen molar-refractivity contribution in [3.05, 3.63) is 23.8 Å². The number of nitrogens with zero attached hydrogens (tertiary/aromatic N) is 2. The second-order valence-electron chi connectivity index (χ2n) is 5.76. The fraction of sp³-hybridized carbons (Fsp3) is 0.467. The normalized spacial score (nSPS) is 22.4. The molecular formula is C15H18N2O5S2. The Labute approximate surface area is 145 Å². The third-order valence-electron chi connectivity index (χ3n) is 4.28. The highest BCUT2D eigenvalue weighted by molar-refractivity contribution is 8.14. The molecule has 0 spiro atoms. The minimum absolute atomic E-state index is 0.139. The van der Waals surface area contributed by atoms with Crippen LogP contribution in [0.1, 0.15) is 12.0 Å². The van der Waals surface area contributed by atoms with Crippen LogP contribution in [0, 0.1) is 6.92 Å². The van der Waals surface area contributed by atoms with Crippen LogP contribution in [0.3, 0.4) is 0 Å². The highest BCUT2D eigenvalue weighted by Gasteiger charge is 2.42. The fourth-order valence-electron chi connectivity index (χ4n) is 3.02. The molecule has 130 valence electrons. The summed E-state index contributed by atoms with van der Waals surface area (Å²) >= 11 is 0.967. The summed E-state index contributed by atoms with van der Waals surface area (Å²) in [5.74, 6) is 0.521. The predicted molar refractivity (Wildman–Crippen MR) is 89.6 cm³/mol. The Morgan fingerprint density at radius 1 is 1.29 bits per heavy atom. The van der Waals surface area contributed by atoms with Gasteiger partial charge in [-0.05, 0) is 37.1 Å². The van der Waals surface area contributed by atoms with E-state index >= 15 is 0 Å². The Bertz CT molecular complexity index is 777. The van der Waals surface area contributed by atoms with Gasteiger partial charge in [-0.2, -0.15) is 4.31 Å². The molecule has 2 aliphatic rings. The molecule has 0 aliphatic carbocycles. The first-order chi connectivity index (χ1) is 11.3. The summed E-state index contributed by atoms with van der Waals surface area (Å²) in [7, 11) is -2.13. The van der Waals surface area contributed by atoms with Gasteiger partial charge < -0.3 is 4.74 Å². The smallest absolute Gasteiger partial charge is 0.289 e. The van der Waals surface area contributed by atoms with Crippen molar-refractivity contribution in [3.8, 4) is 5.75 Å². The molecule has 2 heterocycles. The number of amides is 2. The molecule has 0 saturated carbocycles. The van der Waals surface area contributed by atoms with Crippen molar-refractivity contribution in [2.45, 2.75) is 24.3 Å². The minimum Gasteiger partial charge on any atom is -0.496 e. The molecule has 7 nitrogen and oxygen atoms in total. The Hall–Kier alpha value is -1.58. The van der Waals surface area contributed by atoms with E-state index in [0.29, 0.717) is 18.7 Å². The first-order valence-corrected chi connectivity index (χ1v) is 9.91. The molecule has 2 saturated heterocycles. The number of aryl methyl sites for hydroxylation is 1. The highest BCUT2D eigenvalue weighted by Crippen LogP contribution is 2.30. The molecule has 9 heteroatoms. The van der Waals surface area contributed by atoms with Crippen molar-refractivity contribution >= 4 is 32.9 Å². The number of thioether (sulfide) groups is 1. The van der Waals surface area contributed by atoms with Crippen molar-refractivity contribution in [2.75, 3.05) is 26.0 Å². The number of sulfonamides is 1. The van der Waals surface area contributed by atoms with Gasteiger partial charge in [0.1, 0.15) is 5.75 Å². The third-order valence-corrected chi connectivity index (χ3v) is 6.98. The van der Waals surface area contributed by atoms with E-state index < -0.39 is 10.0 Å². The Morgan fingerprint density at radius 3 is 2.62 bits per heavy atom. The SMILES string of the molecule is COc1ccc(S(=O)(=O)N2CCC(N3C(=O)CSC3=O)C2)cc1C. The van der Waals surface area contributed by atoms with Crippen LogP contribution < -0.4 is 4.74 Å².